The highest BCUT2D eigenvalue weighted by atomic mass is 32.2. The molecule has 0 fully saturated rings. The van der Waals surface area contributed by atoms with Crippen molar-refractivity contribution in [2.24, 2.45) is 0 Å². The van der Waals surface area contributed by atoms with Gasteiger partial charge in [-0.1, -0.05) is 0 Å². The topological polar surface area (TPSA) is 93.7 Å². The van der Waals surface area contributed by atoms with Crippen LogP contribution in [0, 0.1) is 0 Å². The Morgan fingerprint density at radius 3 is 2.38 bits per heavy atom. The molecule has 21 heavy (non-hydrogen) atoms. The normalized spacial score (nSPS) is 11.1. The third kappa shape index (κ3) is 6.11. The van der Waals surface area contributed by atoms with Crippen molar-refractivity contribution in [1.29, 1.82) is 0 Å². The van der Waals surface area contributed by atoms with E-state index in [-0.39, 0.29) is 23.8 Å². The van der Waals surface area contributed by atoms with Crippen LogP contribution in [-0.2, 0) is 19.6 Å². The lowest BCUT2D eigenvalue weighted by Crippen LogP contribution is -2.32. The van der Waals surface area contributed by atoms with Crippen molar-refractivity contribution in [3.05, 3.63) is 24.3 Å². The van der Waals surface area contributed by atoms with E-state index in [0.29, 0.717) is 18.9 Å². The molecule has 0 saturated carbocycles. The van der Waals surface area contributed by atoms with E-state index in [9.17, 15) is 13.2 Å². The number of amides is 1. The van der Waals surface area contributed by atoms with Gasteiger partial charge >= 0.3 is 0 Å². The fourth-order valence-corrected chi connectivity index (χ4v) is 2.55. The molecule has 0 spiro atoms. The van der Waals surface area contributed by atoms with E-state index in [1.807, 2.05) is 0 Å². The van der Waals surface area contributed by atoms with Crippen molar-refractivity contribution >= 4 is 15.9 Å². The maximum Gasteiger partial charge on any atom is 0.240 e. The number of nitrogens with one attached hydrogen (secondary N) is 2. The molecule has 7 nitrogen and oxygen atoms in total. The molecule has 0 bridgehead atoms. The van der Waals surface area contributed by atoms with Crippen molar-refractivity contribution in [3.8, 4) is 5.75 Å². The number of benzene rings is 1. The van der Waals surface area contributed by atoms with Crippen molar-refractivity contribution in [2.45, 2.75) is 11.3 Å². The van der Waals surface area contributed by atoms with Crippen LogP contribution in [0.2, 0.25) is 0 Å². The summed E-state index contributed by atoms with van der Waals surface area (Å²) < 4.78 is 36.1. The van der Waals surface area contributed by atoms with E-state index in [0.717, 1.165) is 0 Å². The zero-order valence-electron chi connectivity index (χ0n) is 12.1. The summed E-state index contributed by atoms with van der Waals surface area (Å²) >= 11 is 0. The standard InChI is InChI=1S/C13H20N2O5S/c1-19-10-9-14-13(16)7-8-15-21(17,18)12-5-3-11(20-2)4-6-12/h3-6,15H,7-10H2,1-2H3,(H,14,16). The van der Waals surface area contributed by atoms with Crippen LogP contribution in [0.3, 0.4) is 0 Å². The Hall–Kier alpha value is -1.64. The van der Waals surface area contributed by atoms with Gasteiger partial charge in [0.2, 0.25) is 15.9 Å². The van der Waals surface area contributed by atoms with Gasteiger partial charge in [-0.2, -0.15) is 0 Å². The highest BCUT2D eigenvalue weighted by Crippen LogP contribution is 2.15. The van der Waals surface area contributed by atoms with E-state index < -0.39 is 10.0 Å². The minimum Gasteiger partial charge on any atom is -0.497 e. The zero-order chi connectivity index (χ0) is 15.7. The van der Waals surface area contributed by atoms with E-state index in [1.54, 1.807) is 12.1 Å². The number of carbonyl (C=O) groups excluding carboxylic acids is 1. The highest BCUT2D eigenvalue weighted by molar-refractivity contribution is 7.89. The monoisotopic (exact) mass is 316 g/mol. The van der Waals surface area contributed by atoms with Gasteiger partial charge in [-0.15, -0.1) is 0 Å². The molecule has 0 aliphatic heterocycles. The lowest BCUT2D eigenvalue weighted by atomic mass is 10.3. The first-order valence-electron chi connectivity index (χ1n) is 6.39. The number of rotatable bonds is 9. The van der Waals surface area contributed by atoms with Crippen molar-refractivity contribution in [3.63, 3.8) is 0 Å². The predicted octanol–water partition coefficient (Wildman–Crippen LogP) is 0.126. The first kappa shape index (κ1) is 17.4. The Morgan fingerprint density at radius 2 is 1.81 bits per heavy atom. The van der Waals surface area contributed by atoms with Crippen LogP contribution in [0.15, 0.2) is 29.2 Å². The summed E-state index contributed by atoms with van der Waals surface area (Å²) in [5, 5.41) is 2.61. The van der Waals surface area contributed by atoms with Gasteiger partial charge in [-0.3, -0.25) is 4.79 Å². The van der Waals surface area contributed by atoms with E-state index >= 15 is 0 Å². The molecule has 1 rings (SSSR count). The second-order valence-corrected chi connectivity index (χ2v) is 5.93. The fraction of sp³-hybridized carbons (Fsp3) is 0.462. The van der Waals surface area contributed by atoms with Gasteiger partial charge in [0.15, 0.2) is 0 Å². The van der Waals surface area contributed by atoms with Crippen molar-refractivity contribution < 1.29 is 22.7 Å². The average molecular weight is 316 g/mol. The molecule has 1 aromatic carbocycles. The van der Waals surface area contributed by atoms with Gasteiger partial charge in [0, 0.05) is 26.6 Å². The fourth-order valence-electron chi connectivity index (χ4n) is 1.52. The summed E-state index contributed by atoms with van der Waals surface area (Å²) in [6, 6.07) is 6.01. The van der Waals surface area contributed by atoms with Gasteiger partial charge < -0.3 is 14.8 Å². The molecule has 1 amide bonds. The molecule has 0 aliphatic carbocycles. The highest BCUT2D eigenvalue weighted by Gasteiger charge is 2.14. The van der Waals surface area contributed by atoms with Crippen LogP contribution in [0.1, 0.15) is 6.42 Å². The summed E-state index contributed by atoms with van der Waals surface area (Å²) in [6.07, 6.45) is 0.0686. The molecule has 0 saturated heterocycles. The Labute approximate surface area is 124 Å². The largest absolute Gasteiger partial charge is 0.497 e. The SMILES string of the molecule is COCCNC(=O)CCNS(=O)(=O)c1ccc(OC)cc1. The second-order valence-electron chi connectivity index (χ2n) is 4.17. The average Bonchev–Trinajstić information content (AvgIpc) is 2.47. The first-order valence-corrected chi connectivity index (χ1v) is 7.87. The Kier molecular flexibility index (Phi) is 7.13. The van der Waals surface area contributed by atoms with E-state index in [1.165, 1.54) is 26.4 Å². The third-order valence-electron chi connectivity index (χ3n) is 2.64. The Balaban J connectivity index is 2.43. The number of sulfonamides is 1. The van der Waals surface area contributed by atoms with Crippen LogP contribution in [-0.4, -0.2) is 48.2 Å². The number of hydrogen-bond donors (Lipinski definition) is 2. The quantitative estimate of drug-likeness (QED) is 0.632. The molecule has 0 heterocycles. The number of ether oxygens (including phenoxy) is 2. The molecule has 0 aliphatic rings. The van der Waals surface area contributed by atoms with E-state index in [4.69, 9.17) is 9.47 Å². The summed E-state index contributed by atoms with van der Waals surface area (Å²) in [5.74, 6) is 0.343. The zero-order valence-corrected chi connectivity index (χ0v) is 12.9. The lowest BCUT2D eigenvalue weighted by Gasteiger charge is -2.08. The maximum atomic E-state index is 12.0. The molecule has 0 unspecified atom stereocenters. The number of hydrogen-bond acceptors (Lipinski definition) is 5. The molecule has 8 heteroatoms. The summed E-state index contributed by atoms with van der Waals surface area (Å²) in [6.45, 7) is 0.858. The van der Waals surface area contributed by atoms with Gasteiger partial charge in [-0.25, -0.2) is 13.1 Å². The van der Waals surface area contributed by atoms with Crippen molar-refractivity contribution in [2.75, 3.05) is 33.9 Å². The maximum absolute atomic E-state index is 12.0. The van der Waals surface area contributed by atoms with Gasteiger partial charge in [0.1, 0.15) is 5.75 Å². The van der Waals surface area contributed by atoms with Gasteiger partial charge in [0.25, 0.3) is 0 Å². The van der Waals surface area contributed by atoms with Crippen LogP contribution >= 0.6 is 0 Å². The van der Waals surface area contributed by atoms with Gasteiger partial charge in [0.05, 0.1) is 18.6 Å². The van der Waals surface area contributed by atoms with Crippen LogP contribution < -0.4 is 14.8 Å². The molecular weight excluding hydrogens is 296 g/mol. The molecule has 118 valence electrons. The molecule has 0 radical (unpaired) electrons. The number of methoxy groups -OCH3 is 2. The summed E-state index contributed by atoms with van der Waals surface area (Å²) in [7, 11) is -0.576. The van der Waals surface area contributed by atoms with Crippen LogP contribution in [0.25, 0.3) is 0 Å². The summed E-state index contributed by atoms with van der Waals surface area (Å²) in [4.78, 5) is 11.5. The second kappa shape index (κ2) is 8.60. The third-order valence-corrected chi connectivity index (χ3v) is 4.12. The lowest BCUT2D eigenvalue weighted by molar-refractivity contribution is -0.121. The molecular formula is C13H20N2O5S. The molecule has 2 N–H and O–H groups in total. The molecule has 0 atom stereocenters. The number of carbonyl (C=O) groups is 1. The minimum absolute atomic E-state index is 0.0349. The van der Waals surface area contributed by atoms with Crippen LogP contribution in [0.5, 0.6) is 5.75 Å². The smallest absolute Gasteiger partial charge is 0.240 e. The Morgan fingerprint density at radius 1 is 1.14 bits per heavy atom. The van der Waals surface area contributed by atoms with Crippen LogP contribution in [0.4, 0.5) is 0 Å². The molecule has 0 aromatic heterocycles. The van der Waals surface area contributed by atoms with E-state index in [2.05, 4.69) is 10.0 Å². The molecule has 1 aromatic rings. The predicted molar refractivity (Wildman–Crippen MR) is 77.7 cm³/mol. The van der Waals surface area contributed by atoms with Gasteiger partial charge in [-0.05, 0) is 24.3 Å². The summed E-state index contributed by atoms with van der Waals surface area (Å²) in [5.41, 5.74) is 0. The van der Waals surface area contributed by atoms with Crippen molar-refractivity contribution in [1.82, 2.24) is 10.0 Å². The Bertz CT molecular complexity index is 542. The first-order chi connectivity index (χ1) is 9.99. The minimum atomic E-state index is -3.62.